The van der Waals surface area contributed by atoms with Crippen LogP contribution in [0.25, 0.3) is 10.4 Å². The number of rotatable bonds is 4. The summed E-state index contributed by atoms with van der Waals surface area (Å²) >= 11 is 8.22. The summed E-state index contributed by atoms with van der Waals surface area (Å²) in [5, 5.41) is 7.03. The first-order valence-corrected chi connectivity index (χ1v) is 12.0. The highest BCUT2D eigenvalue weighted by Gasteiger charge is 2.42. The van der Waals surface area contributed by atoms with Crippen molar-refractivity contribution in [2.24, 2.45) is 0 Å². The van der Waals surface area contributed by atoms with E-state index in [4.69, 9.17) is 11.6 Å². The zero-order valence-corrected chi connectivity index (χ0v) is 16.9. The Bertz CT molecular complexity index is 969. The minimum Gasteiger partial charge on any atom is -0.142 e. The molecule has 0 unspecified atom stereocenters. The van der Waals surface area contributed by atoms with E-state index in [0.717, 1.165) is 9.90 Å². The Labute approximate surface area is 164 Å². The molecule has 0 aliphatic rings. The minimum absolute atomic E-state index is 0.829. The Balaban J connectivity index is 2.02. The fourth-order valence-corrected chi connectivity index (χ4v) is 8.14. The molecule has 3 aromatic carbocycles. The van der Waals surface area contributed by atoms with Gasteiger partial charge in [0, 0.05) is 5.56 Å². The molecule has 0 saturated carbocycles. The van der Waals surface area contributed by atoms with Gasteiger partial charge in [-0.25, -0.2) is 0 Å². The van der Waals surface area contributed by atoms with E-state index in [9.17, 15) is 0 Å². The zero-order valence-electron chi connectivity index (χ0n) is 14.5. The molecule has 4 rings (SSSR count). The quantitative estimate of drug-likeness (QED) is 0.373. The molecule has 0 nitrogen and oxygen atoms in total. The lowest BCUT2D eigenvalue weighted by molar-refractivity contribution is 1.71. The average molecular weight is 394 g/mol. The van der Waals surface area contributed by atoms with Crippen molar-refractivity contribution in [3.05, 3.63) is 101 Å². The van der Waals surface area contributed by atoms with Gasteiger partial charge in [0.25, 0.3) is 0 Å². The molecule has 0 saturated heterocycles. The van der Waals surface area contributed by atoms with E-state index in [1.807, 2.05) is 6.07 Å². The first kappa shape index (κ1) is 17.5. The van der Waals surface area contributed by atoms with Crippen molar-refractivity contribution in [2.45, 2.75) is 0 Å². The number of hydrogen-bond acceptors (Lipinski definition) is 1. The van der Waals surface area contributed by atoms with Gasteiger partial charge in [0.1, 0.15) is 23.2 Å². The summed E-state index contributed by atoms with van der Waals surface area (Å²) in [6.07, 6.45) is 0. The van der Waals surface area contributed by atoms with Gasteiger partial charge in [0.05, 0.1) is 16.6 Å². The third-order valence-corrected chi connectivity index (χ3v) is 10.2. The normalized spacial score (nSPS) is 11.5. The number of thiophene rings is 1. The third-order valence-electron chi connectivity index (χ3n) is 4.79. The van der Waals surface area contributed by atoms with Crippen LogP contribution in [0, 0.1) is 0 Å². The van der Waals surface area contributed by atoms with Crippen LogP contribution in [0.5, 0.6) is 0 Å². The van der Waals surface area contributed by atoms with Crippen LogP contribution in [0.2, 0.25) is 5.02 Å². The van der Waals surface area contributed by atoms with Crippen LogP contribution in [0.3, 0.4) is 0 Å². The lowest BCUT2D eigenvalue weighted by Crippen LogP contribution is -2.31. The van der Waals surface area contributed by atoms with Gasteiger partial charge < -0.3 is 0 Å². The van der Waals surface area contributed by atoms with Gasteiger partial charge in [0.2, 0.25) is 0 Å². The van der Waals surface area contributed by atoms with Gasteiger partial charge in [-0.3, -0.25) is 0 Å². The Kier molecular flexibility index (Phi) is 4.96. The molecule has 3 heteroatoms. The largest absolute Gasteiger partial charge is 0.142 e. The summed E-state index contributed by atoms with van der Waals surface area (Å²) < 4.78 is 0. The second kappa shape index (κ2) is 7.37. The lowest BCUT2D eigenvalue weighted by atomic mass is 10.2. The van der Waals surface area contributed by atoms with E-state index in [-0.39, 0.29) is 0 Å². The maximum absolute atomic E-state index is 6.51. The minimum atomic E-state index is -1.78. The lowest BCUT2D eigenvalue weighted by Gasteiger charge is -2.25. The monoisotopic (exact) mass is 393 g/mol. The molecule has 26 heavy (non-hydrogen) atoms. The summed E-state index contributed by atoms with van der Waals surface area (Å²) in [6.45, 7) is 2.41. The molecule has 0 radical (unpaired) electrons. The number of hydrogen-bond donors (Lipinski definition) is 0. The Morgan fingerprint density at radius 3 is 1.77 bits per heavy atom. The fourth-order valence-electron chi connectivity index (χ4n) is 3.42. The van der Waals surface area contributed by atoms with Crippen molar-refractivity contribution in [2.75, 3.05) is 6.66 Å². The zero-order chi connectivity index (χ0) is 18.0. The second-order valence-electron chi connectivity index (χ2n) is 6.29. The predicted molar refractivity (Wildman–Crippen MR) is 119 cm³/mol. The standard InChI is InChI=1S/C23H19ClPS/c1-25(18-10-4-2-5-11-18,19-12-6-3-7-13-19)22-15-9-8-14-20(22)23-21(24)16-17-26-23/h2-17H,1H3/q+1. The van der Waals surface area contributed by atoms with E-state index in [0.29, 0.717) is 0 Å². The van der Waals surface area contributed by atoms with E-state index in [1.54, 1.807) is 11.3 Å². The van der Waals surface area contributed by atoms with Gasteiger partial charge in [-0.2, -0.15) is 0 Å². The number of benzene rings is 3. The highest BCUT2D eigenvalue weighted by molar-refractivity contribution is 7.95. The van der Waals surface area contributed by atoms with Crippen LogP contribution in [-0.2, 0) is 0 Å². The van der Waals surface area contributed by atoms with Crippen LogP contribution < -0.4 is 15.9 Å². The Hall–Kier alpha value is -1.92. The van der Waals surface area contributed by atoms with Gasteiger partial charge in [-0.05, 0) is 47.8 Å². The molecule has 0 bridgehead atoms. The molecule has 0 amide bonds. The molecule has 0 N–H and O–H groups in total. The second-order valence-corrected chi connectivity index (χ2v) is 11.1. The van der Waals surface area contributed by atoms with E-state index >= 15 is 0 Å². The first-order chi connectivity index (χ1) is 12.7. The maximum atomic E-state index is 6.51. The third kappa shape index (κ3) is 3.01. The SMILES string of the molecule is C[P+](c1ccccc1)(c1ccccc1)c1ccccc1-c1sccc1Cl. The molecule has 1 heterocycles. The average Bonchev–Trinajstić information content (AvgIpc) is 3.14. The van der Waals surface area contributed by atoms with Crippen LogP contribution in [0.15, 0.2) is 96.4 Å². The van der Waals surface area contributed by atoms with Crippen LogP contribution in [-0.4, -0.2) is 6.66 Å². The topological polar surface area (TPSA) is 0 Å². The van der Waals surface area contributed by atoms with E-state index in [2.05, 4.69) is 97.0 Å². The Morgan fingerprint density at radius 1 is 0.692 bits per heavy atom. The molecular formula is C23H19ClPS+. The molecule has 0 spiro atoms. The smallest absolute Gasteiger partial charge is 0.113 e. The fraction of sp³-hybridized carbons (Fsp3) is 0.0435. The van der Waals surface area contributed by atoms with Crippen molar-refractivity contribution in [3.8, 4) is 10.4 Å². The molecule has 0 aliphatic carbocycles. The van der Waals surface area contributed by atoms with Crippen molar-refractivity contribution < 1.29 is 0 Å². The maximum Gasteiger partial charge on any atom is 0.113 e. The summed E-state index contributed by atoms with van der Waals surface area (Å²) in [5.41, 5.74) is 1.25. The molecule has 0 atom stereocenters. The van der Waals surface area contributed by atoms with Gasteiger partial charge in [0.15, 0.2) is 0 Å². The first-order valence-electron chi connectivity index (χ1n) is 8.52. The summed E-state index contributed by atoms with van der Waals surface area (Å²) in [4.78, 5) is 1.15. The highest BCUT2D eigenvalue weighted by Crippen LogP contribution is 2.54. The molecule has 4 aromatic rings. The summed E-state index contributed by atoms with van der Waals surface area (Å²) in [5.74, 6) is 0. The van der Waals surface area contributed by atoms with E-state index in [1.165, 1.54) is 21.5 Å². The summed E-state index contributed by atoms with van der Waals surface area (Å²) in [7, 11) is -1.78. The van der Waals surface area contributed by atoms with Gasteiger partial charge >= 0.3 is 0 Å². The Morgan fingerprint density at radius 2 is 1.23 bits per heavy atom. The molecule has 0 aliphatic heterocycles. The van der Waals surface area contributed by atoms with Crippen molar-refractivity contribution in [3.63, 3.8) is 0 Å². The number of halogens is 1. The van der Waals surface area contributed by atoms with Crippen LogP contribution >= 0.6 is 30.2 Å². The van der Waals surface area contributed by atoms with Crippen LogP contribution in [0.1, 0.15) is 0 Å². The van der Waals surface area contributed by atoms with Crippen molar-refractivity contribution in [1.82, 2.24) is 0 Å². The van der Waals surface area contributed by atoms with Crippen molar-refractivity contribution >= 4 is 46.1 Å². The molecule has 0 fully saturated rings. The van der Waals surface area contributed by atoms with Crippen molar-refractivity contribution in [1.29, 1.82) is 0 Å². The highest BCUT2D eigenvalue weighted by atomic mass is 35.5. The van der Waals surface area contributed by atoms with Crippen LogP contribution in [0.4, 0.5) is 0 Å². The molecule has 1 aromatic heterocycles. The molecular weight excluding hydrogens is 375 g/mol. The van der Waals surface area contributed by atoms with Gasteiger partial charge in [-0.15, -0.1) is 11.3 Å². The van der Waals surface area contributed by atoms with Gasteiger partial charge in [-0.1, -0.05) is 60.1 Å². The van der Waals surface area contributed by atoms with E-state index < -0.39 is 7.26 Å². The molecule has 128 valence electrons. The summed E-state index contributed by atoms with van der Waals surface area (Å²) in [6, 6.07) is 32.5. The predicted octanol–water partition coefficient (Wildman–Crippen LogP) is 5.99.